The number of fused-ring (bicyclic) bond motifs is 1. The largest absolute Gasteiger partial charge is 0.339 e. The SMILES string of the molecule is CN(CC1CC(=O)N(C2CCCC2)C1)C(=O)Nc1ccc2n[nH]nc2c1. The number of rotatable bonds is 4. The van der Waals surface area contributed by atoms with Crippen LogP contribution in [0.1, 0.15) is 32.1 Å². The maximum absolute atomic E-state index is 12.5. The summed E-state index contributed by atoms with van der Waals surface area (Å²) in [5.41, 5.74) is 2.14. The van der Waals surface area contributed by atoms with Gasteiger partial charge in [-0.2, -0.15) is 15.4 Å². The average Bonchev–Trinajstić information content (AvgIpc) is 3.34. The Kier molecular flexibility index (Phi) is 4.48. The molecule has 1 atom stereocenters. The van der Waals surface area contributed by atoms with Crippen molar-refractivity contribution in [3.8, 4) is 0 Å². The highest BCUT2D eigenvalue weighted by molar-refractivity contribution is 5.91. The number of nitrogens with one attached hydrogen (secondary N) is 2. The lowest BCUT2D eigenvalue weighted by molar-refractivity contribution is -0.129. The first-order chi connectivity index (χ1) is 12.6. The number of hydrogen-bond donors (Lipinski definition) is 2. The van der Waals surface area contributed by atoms with E-state index in [-0.39, 0.29) is 17.9 Å². The van der Waals surface area contributed by atoms with E-state index < -0.39 is 0 Å². The van der Waals surface area contributed by atoms with Crippen molar-refractivity contribution in [3.63, 3.8) is 0 Å². The summed E-state index contributed by atoms with van der Waals surface area (Å²) in [5, 5.41) is 13.5. The van der Waals surface area contributed by atoms with Crippen LogP contribution in [-0.2, 0) is 4.79 Å². The summed E-state index contributed by atoms with van der Waals surface area (Å²) in [4.78, 5) is 28.5. The second-order valence-corrected chi connectivity index (χ2v) is 7.39. The summed E-state index contributed by atoms with van der Waals surface area (Å²) in [6, 6.07) is 5.63. The molecule has 1 aliphatic carbocycles. The Morgan fingerprint density at radius 2 is 2.08 bits per heavy atom. The molecule has 26 heavy (non-hydrogen) atoms. The zero-order chi connectivity index (χ0) is 18.1. The lowest BCUT2D eigenvalue weighted by Crippen LogP contribution is -2.37. The molecule has 1 saturated carbocycles. The van der Waals surface area contributed by atoms with E-state index in [0.717, 1.165) is 24.9 Å². The molecule has 2 fully saturated rings. The van der Waals surface area contributed by atoms with Crippen LogP contribution in [0.5, 0.6) is 0 Å². The molecule has 1 aliphatic heterocycles. The number of aromatic amines is 1. The van der Waals surface area contributed by atoms with Crippen molar-refractivity contribution in [1.29, 1.82) is 0 Å². The second-order valence-electron chi connectivity index (χ2n) is 7.39. The van der Waals surface area contributed by atoms with E-state index in [0.29, 0.717) is 30.2 Å². The minimum atomic E-state index is -0.181. The van der Waals surface area contributed by atoms with E-state index in [1.165, 1.54) is 12.8 Å². The molecule has 1 saturated heterocycles. The van der Waals surface area contributed by atoms with Crippen LogP contribution in [0, 0.1) is 5.92 Å². The number of nitrogens with zero attached hydrogens (tertiary/aromatic N) is 4. The van der Waals surface area contributed by atoms with Gasteiger partial charge in [0.25, 0.3) is 0 Å². The summed E-state index contributed by atoms with van der Waals surface area (Å²) < 4.78 is 0. The van der Waals surface area contributed by atoms with Crippen molar-refractivity contribution >= 4 is 28.7 Å². The number of benzene rings is 1. The van der Waals surface area contributed by atoms with E-state index in [1.807, 2.05) is 11.0 Å². The van der Waals surface area contributed by atoms with E-state index in [1.54, 1.807) is 24.1 Å². The number of likely N-dealkylation sites (tertiary alicyclic amines) is 1. The Morgan fingerprint density at radius 3 is 2.88 bits per heavy atom. The van der Waals surface area contributed by atoms with Gasteiger partial charge < -0.3 is 15.1 Å². The Labute approximate surface area is 151 Å². The van der Waals surface area contributed by atoms with Gasteiger partial charge in [-0.1, -0.05) is 12.8 Å². The van der Waals surface area contributed by atoms with Crippen LogP contribution < -0.4 is 5.32 Å². The second kappa shape index (κ2) is 6.93. The van der Waals surface area contributed by atoms with Gasteiger partial charge in [-0.25, -0.2) is 4.79 Å². The highest BCUT2D eigenvalue weighted by atomic mass is 16.2. The Morgan fingerprint density at radius 1 is 1.31 bits per heavy atom. The Bertz CT molecular complexity index is 813. The van der Waals surface area contributed by atoms with E-state index >= 15 is 0 Å². The molecule has 138 valence electrons. The molecular formula is C18H24N6O2. The van der Waals surface area contributed by atoms with Crippen LogP contribution in [0.4, 0.5) is 10.5 Å². The first-order valence-corrected chi connectivity index (χ1v) is 9.22. The smallest absolute Gasteiger partial charge is 0.321 e. The van der Waals surface area contributed by atoms with Crippen LogP contribution in [-0.4, -0.2) is 63.3 Å². The molecular weight excluding hydrogens is 332 g/mol. The predicted molar refractivity (Wildman–Crippen MR) is 97.6 cm³/mol. The van der Waals surface area contributed by atoms with Crippen LogP contribution >= 0.6 is 0 Å². The first kappa shape index (κ1) is 16.8. The molecule has 8 nitrogen and oxygen atoms in total. The fourth-order valence-electron chi connectivity index (χ4n) is 4.11. The number of amides is 3. The Hall–Kier alpha value is -2.64. The van der Waals surface area contributed by atoms with Crippen LogP contribution in [0.15, 0.2) is 18.2 Å². The molecule has 1 aromatic carbocycles. The van der Waals surface area contributed by atoms with Gasteiger partial charge in [0.2, 0.25) is 5.91 Å². The standard InChI is InChI=1S/C18H24N6O2/c1-23(10-12-8-17(25)24(11-12)14-4-2-3-5-14)18(26)19-13-6-7-15-16(9-13)21-22-20-15/h6-7,9,12,14H,2-5,8,10-11H2,1H3,(H,19,26)(H,20,21,22). The van der Waals surface area contributed by atoms with Gasteiger partial charge in [0, 0.05) is 44.2 Å². The van der Waals surface area contributed by atoms with Gasteiger partial charge in [0.15, 0.2) is 0 Å². The summed E-state index contributed by atoms with van der Waals surface area (Å²) >= 11 is 0. The maximum atomic E-state index is 12.5. The average molecular weight is 356 g/mol. The zero-order valence-electron chi connectivity index (χ0n) is 14.9. The maximum Gasteiger partial charge on any atom is 0.321 e. The third-order valence-electron chi connectivity index (χ3n) is 5.45. The molecule has 3 amide bonds. The summed E-state index contributed by atoms with van der Waals surface area (Å²) in [6.45, 7) is 1.35. The number of aromatic nitrogens is 3. The minimum Gasteiger partial charge on any atom is -0.339 e. The molecule has 1 unspecified atom stereocenters. The number of carbonyl (C=O) groups is 2. The number of anilines is 1. The van der Waals surface area contributed by atoms with Gasteiger partial charge in [-0.3, -0.25) is 4.79 Å². The predicted octanol–water partition coefficient (Wildman–Crippen LogP) is 2.21. The van der Waals surface area contributed by atoms with E-state index in [9.17, 15) is 9.59 Å². The van der Waals surface area contributed by atoms with E-state index in [4.69, 9.17) is 0 Å². The lowest BCUT2D eigenvalue weighted by Gasteiger charge is -2.25. The van der Waals surface area contributed by atoms with Gasteiger partial charge in [0.1, 0.15) is 11.0 Å². The van der Waals surface area contributed by atoms with Crippen molar-refractivity contribution < 1.29 is 9.59 Å². The summed E-state index contributed by atoms with van der Waals surface area (Å²) in [6.07, 6.45) is 5.23. The number of H-pyrrole nitrogens is 1. The molecule has 2 N–H and O–H groups in total. The molecule has 8 heteroatoms. The molecule has 0 spiro atoms. The number of hydrogen-bond acceptors (Lipinski definition) is 4. The monoisotopic (exact) mass is 356 g/mol. The van der Waals surface area contributed by atoms with E-state index in [2.05, 4.69) is 20.7 Å². The molecule has 2 aliphatic rings. The van der Waals surface area contributed by atoms with Crippen LogP contribution in [0.3, 0.4) is 0 Å². The van der Waals surface area contributed by atoms with Gasteiger partial charge >= 0.3 is 6.03 Å². The Balaban J connectivity index is 1.33. The highest BCUT2D eigenvalue weighted by Crippen LogP contribution is 2.29. The molecule has 4 rings (SSSR count). The third-order valence-corrected chi connectivity index (χ3v) is 5.45. The van der Waals surface area contributed by atoms with Crippen LogP contribution in [0.2, 0.25) is 0 Å². The molecule has 0 bridgehead atoms. The van der Waals surface area contributed by atoms with Gasteiger partial charge in [-0.05, 0) is 31.0 Å². The van der Waals surface area contributed by atoms with Crippen molar-refractivity contribution in [1.82, 2.24) is 25.2 Å². The van der Waals surface area contributed by atoms with Crippen molar-refractivity contribution in [2.24, 2.45) is 5.92 Å². The van der Waals surface area contributed by atoms with Crippen molar-refractivity contribution in [2.45, 2.75) is 38.1 Å². The zero-order valence-corrected chi connectivity index (χ0v) is 14.9. The van der Waals surface area contributed by atoms with Gasteiger partial charge in [-0.15, -0.1) is 0 Å². The third kappa shape index (κ3) is 3.36. The van der Waals surface area contributed by atoms with Crippen molar-refractivity contribution in [3.05, 3.63) is 18.2 Å². The fraction of sp³-hybridized carbons (Fsp3) is 0.556. The summed E-state index contributed by atoms with van der Waals surface area (Å²) in [5.74, 6) is 0.448. The van der Waals surface area contributed by atoms with Crippen LogP contribution in [0.25, 0.3) is 11.0 Å². The molecule has 2 aromatic rings. The number of carbonyl (C=O) groups excluding carboxylic acids is 2. The number of urea groups is 1. The molecule has 0 radical (unpaired) electrons. The molecule has 1 aromatic heterocycles. The van der Waals surface area contributed by atoms with Gasteiger partial charge in [0.05, 0.1) is 0 Å². The normalized spacial score (nSPS) is 20.9. The topological polar surface area (TPSA) is 94.2 Å². The molecule has 2 heterocycles. The quantitative estimate of drug-likeness (QED) is 0.878. The van der Waals surface area contributed by atoms with Crippen molar-refractivity contribution in [2.75, 3.05) is 25.5 Å². The summed E-state index contributed by atoms with van der Waals surface area (Å²) in [7, 11) is 1.77. The first-order valence-electron chi connectivity index (χ1n) is 9.22. The lowest BCUT2D eigenvalue weighted by atomic mass is 10.1. The minimum absolute atomic E-state index is 0.181. The highest BCUT2D eigenvalue weighted by Gasteiger charge is 2.36. The fourth-order valence-corrected chi connectivity index (χ4v) is 4.11.